The van der Waals surface area contributed by atoms with Gasteiger partial charge in [-0.2, -0.15) is 0 Å². The minimum atomic E-state index is -1.01. The Bertz CT molecular complexity index is 1280. The highest BCUT2D eigenvalue weighted by Crippen LogP contribution is 2.51. The second kappa shape index (κ2) is 6.43. The van der Waals surface area contributed by atoms with Crippen LogP contribution < -0.4 is 0 Å². The van der Waals surface area contributed by atoms with Gasteiger partial charge in [0.1, 0.15) is 11.2 Å². The van der Waals surface area contributed by atoms with Gasteiger partial charge in [-0.25, -0.2) is 0 Å². The van der Waals surface area contributed by atoms with E-state index in [1.165, 1.54) is 21.5 Å². The van der Waals surface area contributed by atoms with E-state index in [0.29, 0.717) is 5.66 Å². The SMILES string of the molecule is [CH]1CCC(p2oc3ccc4ccccc4c3c3c(ccc4ccccc43)o2)C1. The molecule has 1 aliphatic carbocycles. The lowest BCUT2D eigenvalue weighted by Crippen LogP contribution is -1.79. The number of fused-ring (bicyclic) bond motifs is 7. The van der Waals surface area contributed by atoms with Crippen LogP contribution in [0.2, 0.25) is 0 Å². The number of hydrogen-bond donors (Lipinski definition) is 0. The predicted molar refractivity (Wildman–Crippen MR) is 119 cm³/mol. The fraction of sp³-hybridized carbons (Fsp3) is 0.160. The first-order chi connectivity index (χ1) is 13.9. The zero-order valence-corrected chi connectivity index (χ0v) is 16.4. The molecule has 1 unspecified atom stereocenters. The van der Waals surface area contributed by atoms with E-state index in [0.717, 1.165) is 41.2 Å². The summed E-state index contributed by atoms with van der Waals surface area (Å²) < 4.78 is 13.2. The van der Waals surface area contributed by atoms with Crippen molar-refractivity contribution in [3.05, 3.63) is 79.2 Å². The van der Waals surface area contributed by atoms with Crippen LogP contribution in [-0.2, 0) is 0 Å². The van der Waals surface area contributed by atoms with Crippen LogP contribution >= 0.6 is 8.01 Å². The average molecular weight is 383 g/mol. The summed E-state index contributed by atoms with van der Waals surface area (Å²) in [7, 11) is -1.01. The summed E-state index contributed by atoms with van der Waals surface area (Å²) >= 11 is 0. The summed E-state index contributed by atoms with van der Waals surface area (Å²) in [6.07, 6.45) is 5.76. The van der Waals surface area contributed by atoms with Gasteiger partial charge in [0.15, 0.2) is 0 Å². The third-order valence-electron chi connectivity index (χ3n) is 5.85. The summed E-state index contributed by atoms with van der Waals surface area (Å²) in [5.74, 6) is 0. The monoisotopic (exact) mass is 383 g/mol. The minimum Gasteiger partial charge on any atom is -0.419 e. The third-order valence-corrected chi connectivity index (χ3v) is 7.67. The van der Waals surface area contributed by atoms with Gasteiger partial charge in [-0.15, -0.1) is 0 Å². The van der Waals surface area contributed by atoms with Crippen LogP contribution in [-0.4, -0.2) is 0 Å². The highest BCUT2D eigenvalue weighted by atomic mass is 31.1. The Kier molecular flexibility index (Phi) is 3.74. The molecule has 28 heavy (non-hydrogen) atoms. The lowest BCUT2D eigenvalue weighted by molar-refractivity contribution is 0.607. The van der Waals surface area contributed by atoms with Crippen LogP contribution in [0.1, 0.15) is 24.9 Å². The van der Waals surface area contributed by atoms with Crippen molar-refractivity contribution in [3.63, 3.8) is 0 Å². The molecule has 1 atom stereocenters. The van der Waals surface area contributed by atoms with Crippen LogP contribution in [0.5, 0.6) is 0 Å². The molecule has 0 bridgehead atoms. The quantitative estimate of drug-likeness (QED) is 0.290. The van der Waals surface area contributed by atoms with Crippen molar-refractivity contribution in [2.45, 2.75) is 24.9 Å². The van der Waals surface area contributed by atoms with E-state index in [2.05, 4.69) is 79.2 Å². The van der Waals surface area contributed by atoms with E-state index in [-0.39, 0.29) is 0 Å². The van der Waals surface area contributed by atoms with Crippen LogP contribution in [0.3, 0.4) is 0 Å². The van der Waals surface area contributed by atoms with Gasteiger partial charge < -0.3 is 8.39 Å². The summed E-state index contributed by atoms with van der Waals surface area (Å²) in [6, 6.07) is 25.7. The molecule has 2 nitrogen and oxygen atoms in total. The van der Waals surface area contributed by atoms with Crippen molar-refractivity contribution in [3.8, 4) is 0 Å². The molecule has 4 aromatic carbocycles. The predicted octanol–water partition coefficient (Wildman–Crippen LogP) is 8.53. The van der Waals surface area contributed by atoms with Crippen LogP contribution in [0, 0.1) is 6.42 Å². The molecule has 0 saturated heterocycles. The molecule has 3 heteroatoms. The summed E-state index contributed by atoms with van der Waals surface area (Å²) in [4.78, 5) is 0. The molecule has 5 aromatic rings. The van der Waals surface area contributed by atoms with Crippen molar-refractivity contribution in [1.29, 1.82) is 0 Å². The highest BCUT2D eigenvalue weighted by Gasteiger charge is 2.23. The molecular weight excluding hydrogens is 363 g/mol. The molecule has 6 rings (SSSR count). The fourth-order valence-electron chi connectivity index (χ4n) is 4.46. The van der Waals surface area contributed by atoms with Crippen LogP contribution in [0.25, 0.3) is 43.5 Å². The molecule has 1 fully saturated rings. The molecule has 137 valence electrons. The smallest absolute Gasteiger partial charge is 0.219 e. The first-order valence-electron chi connectivity index (χ1n) is 9.89. The highest BCUT2D eigenvalue weighted by molar-refractivity contribution is 7.37. The molecule has 1 saturated carbocycles. The maximum absolute atomic E-state index is 6.60. The Labute approximate surface area is 164 Å². The first-order valence-corrected chi connectivity index (χ1v) is 11.1. The topological polar surface area (TPSA) is 26.3 Å². The van der Waals surface area contributed by atoms with Gasteiger partial charge in [0.25, 0.3) is 0 Å². The summed E-state index contributed by atoms with van der Waals surface area (Å²) in [5, 5.41) is 7.22. The van der Waals surface area contributed by atoms with Gasteiger partial charge in [-0.1, -0.05) is 60.7 Å². The third kappa shape index (κ3) is 2.48. The lowest BCUT2D eigenvalue weighted by Gasteiger charge is -2.05. The van der Waals surface area contributed by atoms with E-state index in [1.807, 2.05) is 0 Å². The van der Waals surface area contributed by atoms with Crippen LogP contribution in [0.4, 0.5) is 0 Å². The van der Waals surface area contributed by atoms with Crippen molar-refractivity contribution >= 4 is 51.5 Å². The average Bonchev–Trinajstić information content (AvgIpc) is 3.22. The molecule has 1 radical (unpaired) electrons. The van der Waals surface area contributed by atoms with Crippen molar-refractivity contribution in [2.75, 3.05) is 0 Å². The van der Waals surface area contributed by atoms with E-state index in [9.17, 15) is 0 Å². The second-order valence-corrected chi connectivity index (χ2v) is 9.21. The zero-order valence-electron chi connectivity index (χ0n) is 15.5. The molecule has 0 aliphatic heterocycles. The van der Waals surface area contributed by atoms with Gasteiger partial charge in [0, 0.05) is 10.8 Å². The molecule has 0 N–H and O–H groups in total. The standard InChI is InChI=1S/C25H20O2P/c1-5-11-20-17(7-1)13-15-22-24(20)25-21-12-6-2-8-18(21)14-16-23(25)27-28(26-22)19-9-3-4-10-19/h1-3,5-8,11-16,19H,4,9-10H2. The zero-order chi connectivity index (χ0) is 18.5. The maximum Gasteiger partial charge on any atom is 0.219 e. The fourth-order valence-corrected chi connectivity index (χ4v) is 6.17. The molecule has 0 amide bonds. The Morgan fingerprint density at radius 1 is 0.679 bits per heavy atom. The summed E-state index contributed by atoms with van der Waals surface area (Å²) in [5.41, 5.74) is 2.37. The van der Waals surface area contributed by atoms with E-state index in [1.54, 1.807) is 0 Å². The minimum absolute atomic E-state index is 0.465. The lowest BCUT2D eigenvalue weighted by atomic mass is 9.99. The van der Waals surface area contributed by atoms with Gasteiger partial charge in [0.2, 0.25) is 8.01 Å². The van der Waals surface area contributed by atoms with Gasteiger partial charge in [0.05, 0.1) is 5.66 Å². The molecule has 1 aliphatic rings. The van der Waals surface area contributed by atoms with Gasteiger partial charge in [-0.05, 0) is 59.4 Å². The van der Waals surface area contributed by atoms with Crippen molar-refractivity contribution < 1.29 is 8.39 Å². The Morgan fingerprint density at radius 2 is 1.25 bits per heavy atom. The number of rotatable bonds is 1. The van der Waals surface area contributed by atoms with Gasteiger partial charge >= 0.3 is 0 Å². The largest absolute Gasteiger partial charge is 0.419 e. The maximum atomic E-state index is 6.60. The summed E-state index contributed by atoms with van der Waals surface area (Å²) in [6.45, 7) is 0. The number of benzene rings is 4. The number of hydrogen-bond acceptors (Lipinski definition) is 2. The Balaban J connectivity index is 1.89. The molecular formula is C25H20O2P. The molecule has 1 aromatic heterocycles. The Morgan fingerprint density at radius 3 is 1.79 bits per heavy atom. The first kappa shape index (κ1) is 16.3. The Hall–Kier alpha value is -2.70. The van der Waals surface area contributed by atoms with Crippen molar-refractivity contribution in [1.82, 2.24) is 0 Å². The molecule has 1 heterocycles. The van der Waals surface area contributed by atoms with E-state index >= 15 is 0 Å². The van der Waals surface area contributed by atoms with Gasteiger partial charge in [-0.3, -0.25) is 0 Å². The normalized spacial score (nSPS) is 15.1. The van der Waals surface area contributed by atoms with Crippen molar-refractivity contribution in [2.24, 2.45) is 0 Å². The second-order valence-electron chi connectivity index (χ2n) is 7.54. The van der Waals surface area contributed by atoms with E-state index in [4.69, 9.17) is 8.39 Å². The van der Waals surface area contributed by atoms with Crippen LogP contribution in [0.15, 0.2) is 81.2 Å². The van der Waals surface area contributed by atoms with E-state index < -0.39 is 8.01 Å². The molecule has 0 spiro atoms.